The molecular formula is C27H23N3O3S. The molecule has 3 aromatic rings. The van der Waals surface area contributed by atoms with Crippen LogP contribution in [0.4, 0.5) is 5.69 Å². The molecule has 0 aliphatic rings. The lowest BCUT2D eigenvalue weighted by Crippen LogP contribution is -2.07. The molecule has 0 saturated carbocycles. The number of anilines is 1. The second-order valence-electron chi connectivity index (χ2n) is 7.56. The fraction of sp³-hybridized carbons (Fsp3) is 0.111. The second kappa shape index (κ2) is 11.1. The molecule has 0 saturated heterocycles. The van der Waals surface area contributed by atoms with E-state index in [4.69, 9.17) is 4.74 Å². The first-order chi connectivity index (χ1) is 16.4. The zero-order chi connectivity index (χ0) is 24.7. The number of ether oxygens (including phenoxy) is 1. The Morgan fingerprint density at radius 2 is 1.38 bits per heavy atom. The Hall–Kier alpha value is -4.17. The molecule has 0 amide bonds. The van der Waals surface area contributed by atoms with Gasteiger partial charge >= 0.3 is 0 Å². The minimum Gasteiger partial charge on any atom is -0.495 e. The number of allylic oxidation sites excluding steroid dienone is 2. The molecule has 0 bridgehead atoms. The summed E-state index contributed by atoms with van der Waals surface area (Å²) in [5.41, 5.74) is 4.89. The summed E-state index contributed by atoms with van der Waals surface area (Å²) in [6.45, 7) is 0. The Balaban J connectivity index is 1.90. The van der Waals surface area contributed by atoms with Crippen molar-refractivity contribution in [1.82, 2.24) is 0 Å². The summed E-state index contributed by atoms with van der Waals surface area (Å²) in [7, 11) is 5.36. The second-order valence-corrected chi connectivity index (χ2v) is 8.50. The lowest BCUT2D eigenvalue weighted by Gasteiger charge is -2.12. The van der Waals surface area contributed by atoms with Crippen molar-refractivity contribution < 1.29 is 13.5 Å². The van der Waals surface area contributed by atoms with Gasteiger partial charge in [0.15, 0.2) is 11.1 Å². The highest BCUT2D eigenvalue weighted by atomic mass is 32.2. The van der Waals surface area contributed by atoms with Gasteiger partial charge in [0.2, 0.25) is 0 Å². The third kappa shape index (κ3) is 5.79. The molecule has 0 spiro atoms. The first-order valence-corrected chi connectivity index (χ1v) is 11.4. The highest BCUT2D eigenvalue weighted by Gasteiger charge is 2.10. The number of rotatable bonds is 7. The van der Waals surface area contributed by atoms with E-state index in [1.54, 1.807) is 42.5 Å². The van der Waals surface area contributed by atoms with Crippen molar-refractivity contribution in [2.45, 2.75) is 4.90 Å². The Morgan fingerprint density at radius 1 is 0.882 bits per heavy atom. The standard InChI is InChI=1S/C27H23N3O3S/c1-30(2)25-11-4-19(5-12-25)14-23(17-28)21-7-9-22(10-8-21)24(18-29)15-20-6-13-26(33-3)27(16-20)34(31)32/h4-16H,1-3H3,(H,31,32). The summed E-state index contributed by atoms with van der Waals surface area (Å²) in [4.78, 5) is 2.14. The van der Waals surface area contributed by atoms with Crippen LogP contribution in [-0.2, 0) is 11.1 Å². The summed E-state index contributed by atoms with van der Waals surface area (Å²) in [6, 6.07) is 24.3. The van der Waals surface area contributed by atoms with Gasteiger partial charge in [0.05, 0.1) is 30.4 Å². The van der Waals surface area contributed by atoms with Crippen LogP contribution in [0.15, 0.2) is 71.6 Å². The minimum atomic E-state index is -2.22. The molecule has 7 heteroatoms. The molecule has 0 aromatic heterocycles. The van der Waals surface area contributed by atoms with Crippen molar-refractivity contribution in [3.8, 4) is 17.9 Å². The monoisotopic (exact) mass is 469 g/mol. The number of hydrogen-bond acceptors (Lipinski definition) is 5. The minimum absolute atomic E-state index is 0.131. The van der Waals surface area contributed by atoms with Crippen LogP contribution < -0.4 is 9.64 Å². The number of methoxy groups -OCH3 is 1. The van der Waals surface area contributed by atoms with Crippen molar-refractivity contribution >= 4 is 40.1 Å². The maximum atomic E-state index is 11.6. The van der Waals surface area contributed by atoms with Gasteiger partial charge in [0, 0.05) is 19.8 Å². The summed E-state index contributed by atoms with van der Waals surface area (Å²) in [5.74, 6) is 0.299. The molecule has 1 atom stereocenters. The van der Waals surface area contributed by atoms with Gasteiger partial charge in [-0.05, 0) is 58.7 Å². The molecule has 3 aromatic carbocycles. The van der Waals surface area contributed by atoms with E-state index in [1.165, 1.54) is 13.2 Å². The van der Waals surface area contributed by atoms with Crippen molar-refractivity contribution in [3.63, 3.8) is 0 Å². The zero-order valence-corrected chi connectivity index (χ0v) is 19.8. The van der Waals surface area contributed by atoms with Gasteiger partial charge in [-0.1, -0.05) is 42.5 Å². The maximum absolute atomic E-state index is 11.6. The van der Waals surface area contributed by atoms with E-state index in [9.17, 15) is 19.3 Å². The largest absolute Gasteiger partial charge is 0.495 e. The van der Waals surface area contributed by atoms with Crippen LogP contribution in [0, 0.1) is 22.7 Å². The smallest absolute Gasteiger partial charge is 0.190 e. The highest BCUT2D eigenvalue weighted by Crippen LogP contribution is 2.27. The Bertz CT molecular complexity index is 1340. The van der Waals surface area contributed by atoms with E-state index in [2.05, 4.69) is 12.1 Å². The van der Waals surface area contributed by atoms with Gasteiger partial charge in [-0.2, -0.15) is 10.5 Å². The quantitative estimate of drug-likeness (QED) is 0.280. The van der Waals surface area contributed by atoms with E-state index < -0.39 is 11.1 Å². The fourth-order valence-electron chi connectivity index (χ4n) is 3.31. The molecule has 6 nitrogen and oxygen atoms in total. The number of nitriles is 2. The predicted octanol–water partition coefficient (Wildman–Crippen LogP) is 5.47. The predicted molar refractivity (Wildman–Crippen MR) is 136 cm³/mol. The lowest BCUT2D eigenvalue weighted by atomic mass is 9.98. The zero-order valence-electron chi connectivity index (χ0n) is 19.0. The molecule has 0 fully saturated rings. The number of hydrogen-bond donors (Lipinski definition) is 1. The van der Waals surface area contributed by atoms with E-state index in [0.717, 1.165) is 16.8 Å². The lowest BCUT2D eigenvalue weighted by molar-refractivity contribution is 0.402. The van der Waals surface area contributed by atoms with Crippen LogP contribution in [0.25, 0.3) is 23.3 Å². The number of benzene rings is 3. The first-order valence-electron chi connectivity index (χ1n) is 10.3. The summed E-state index contributed by atoms with van der Waals surface area (Å²) in [6.07, 6.45) is 3.46. The first kappa shape index (κ1) is 24.5. The molecule has 170 valence electrons. The molecule has 1 unspecified atom stereocenters. The highest BCUT2D eigenvalue weighted by molar-refractivity contribution is 7.79. The Kier molecular flexibility index (Phi) is 8.00. The van der Waals surface area contributed by atoms with Crippen LogP contribution >= 0.6 is 0 Å². The van der Waals surface area contributed by atoms with Crippen LogP contribution in [-0.4, -0.2) is 30.0 Å². The topological polar surface area (TPSA) is 97.4 Å². The molecule has 1 N–H and O–H groups in total. The fourth-order valence-corrected chi connectivity index (χ4v) is 3.87. The Labute approximate surface area is 201 Å². The molecule has 34 heavy (non-hydrogen) atoms. The van der Waals surface area contributed by atoms with Gasteiger partial charge in [-0.15, -0.1) is 0 Å². The third-order valence-electron chi connectivity index (χ3n) is 5.16. The van der Waals surface area contributed by atoms with Crippen LogP contribution in [0.2, 0.25) is 0 Å². The van der Waals surface area contributed by atoms with Crippen molar-refractivity contribution in [2.75, 3.05) is 26.1 Å². The SMILES string of the molecule is COc1ccc(C=C(C#N)c2ccc(C(C#N)=Cc3ccc(N(C)C)cc3)cc2)cc1S(=O)O. The van der Waals surface area contributed by atoms with Gasteiger partial charge in [-0.25, -0.2) is 4.21 Å². The molecule has 0 aliphatic carbocycles. The molecule has 0 heterocycles. The van der Waals surface area contributed by atoms with Gasteiger partial charge in [0.25, 0.3) is 0 Å². The summed E-state index contributed by atoms with van der Waals surface area (Å²) < 4.78 is 26.2. The molecule has 3 rings (SSSR count). The van der Waals surface area contributed by atoms with E-state index in [-0.39, 0.29) is 4.90 Å². The van der Waals surface area contributed by atoms with Crippen molar-refractivity contribution in [2.24, 2.45) is 0 Å². The van der Waals surface area contributed by atoms with Crippen molar-refractivity contribution in [1.29, 1.82) is 10.5 Å². The maximum Gasteiger partial charge on any atom is 0.190 e. The van der Waals surface area contributed by atoms with Gasteiger partial charge in [0.1, 0.15) is 10.6 Å². The average molecular weight is 470 g/mol. The third-order valence-corrected chi connectivity index (χ3v) is 5.85. The van der Waals surface area contributed by atoms with Gasteiger partial charge in [-0.3, -0.25) is 0 Å². The molecule has 0 aliphatic heterocycles. The van der Waals surface area contributed by atoms with E-state index in [1.807, 2.05) is 49.3 Å². The molecular weight excluding hydrogens is 446 g/mol. The van der Waals surface area contributed by atoms with Crippen LogP contribution in [0.5, 0.6) is 5.75 Å². The van der Waals surface area contributed by atoms with Crippen LogP contribution in [0.1, 0.15) is 22.3 Å². The van der Waals surface area contributed by atoms with Gasteiger partial charge < -0.3 is 14.2 Å². The number of nitrogens with zero attached hydrogens (tertiary/aromatic N) is 3. The van der Waals surface area contributed by atoms with Crippen molar-refractivity contribution in [3.05, 3.63) is 89.0 Å². The van der Waals surface area contributed by atoms with E-state index >= 15 is 0 Å². The normalized spacial score (nSPS) is 12.4. The average Bonchev–Trinajstić information content (AvgIpc) is 2.86. The Morgan fingerprint density at radius 3 is 1.82 bits per heavy atom. The van der Waals surface area contributed by atoms with E-state index in [0.29, 0.717) is 28.0 Å². The van der Waals surface area contributed by atoms with Crippen LogP contribution in [0.3, 0.4) is 0 Å². The molecule has 0 radical (unpaired) electrons. The summed E-state index contributed by atoms with van der Waals surface area (Å²) >= 11 is -2.22. The summed E-state index contributed by atoms with van der Waals surface area (Å²) in [5, 5.41) is 19.4.